The highest BCUT2D eigenvalue weighted by Gasteiger charge is 2.45. The first-order valence-corrected chi connectivity index (χ1v) is 7.56. The number of hydrogen-bond acceptors (Lipinski definition) is 3. The van der Waals surface area contributed by atoms with E-state index in [1.807, 2.05) is 6.92 Å². The van der Waals surface area contributed by atoms with Gasteiger partial charge in [0, 0.05) is 7.05 Å². The Bertz CT molecular complexity index is 608. The number of aryl methyl sites for hydroxylation is 2. The third kappa shape index (κ3) is 2.41. The zero-order chi connectivity index (χ0) is 15.3. The second kappa shape index (κ2) is 5.02. The highest BCUT2D eigenvalue weighted by molar-refractivity contribution is 6.31. The number of carbonyl (C=O) groups excluding carboxylic acids is 2. The molecule has 1 saturated heterocycles. The number of carbonyl (C=O) groups is 2. The number of amides is 2. The second-order valence-electron chi connectivity index (χ2n) is 5.94. The molecule has 1 aromatic rings. The summed E-state index contributed by atoms with van der Waals surface area (Å²) >= 11 is 6.25. The Kier molecular flexibility index (Phi) is 3.43. The molecule has 2 aliphatic rings. The van der Waals surface area contributed by atoms with Crippen molar-refractivity contribution in [2.24, 2.45) is 13.0 Å². The Morgan fingerprint density at radius 1 is 1.38 bits per heavy atom. The Labute approximate surface area is 128 Å². The number of hydrogen-bond donors (Lipinski definition) is 1. The van der Waals surface area contributed by atoms with Crippen LogP contribution in [-0.4, -0.2) is 38.6 Å². The van der Waals surface area contributed by atoms with Crippen LogP contribution in [0.1, 0.15) is 31.2 Å². The van der Waals surface area contributed by atoms with Gasteiger partial charge in [-0.1, -0.05) is 11.6 Å². The van der Waals surface area contributed by atoms with Gasteiger partial charge in [-0.15, -0.1) is 0 Å². The first-order valence-electron chi connectivity index (χ1n) is 7.19. The molecule has 0 radical (unpaired) electrons. The molecular weight excluding hydrogens is 292 g/mol. The Hall–Kier alpha value is -1.56. The molecule has 1 N–H and O–H groups in total. The molecule has 1 aromatic heterocycles. The van der Waals surface area contributed by atoms with Gasteiger partial charge in [0.05, 0.1) is 23.0 Å². The molecule has 2 unspecified atom stereocenters. The molecule has 1 saturated carbocycles. The fourth-order valence-electron chi connectivity index (χ4n) is 2.82. The number of halogens is 1. The Balaban J connectivity index is 1.87. The summed E-state index contributed by atoms with van der Waals surface area (Å²) in [5, 5.41) is 7.66. The highest BCUT2D eigenvalue weighted by Crippen LogP contribution is 2.35. The second-order valence-corrected chi connectivity index (χ2v) is 6.31. The van der Waals surface area contributed by atoms with Crippen LogP contribution in [-0.2, 0) is 23.2 Å². The van der Waals surface area contributed by atoms with E-state index < -0.39 is 6.04 Å². The lowest BCUT2D eigenvalue weighted by Gasteiger charge is -2.37. The molecule has 3 rings (SSSR count). The minimum Gasteiger partial charge on any atom is -0.342 e. The average Bonchev–Trinajstić information content (AvgIpc) is 3.23. The average molecular weight is 311 g/mol. The molecule has 114 valence electrons. The van der Waals surface area contributed by atoms with Crippen LogP contribution >= 0.6 is 11.6 Å². The smallest absolute Gasteiger partial charge is 0.246 e. The number of piperazine rings is 1. The maximum atomic E-state index is 12.6. The summed E-state index contributed by atoms with van der Waals surface area (Å²) in [6.45, 7) is 3.88. The van der Waals surface area contributed by atoms with Crippen LogP contribution in [0.4, 0.5) is 0 Å². The quantitative estimate of drug-likeness (QED) is 0.906. The van der Waals surface area contributed by atoms with E-state index in [1.54, 1.807) is 23.6 Å². The van der Waals surface area contributed by atoms with Gasteiger partial charge in [0.15, 0.2) is 0 Å². The van der Waals surface area contributed by atoms with Crippen molar-refractivity contribution in [3.05, 3.63) is 16.4 Å². The van der Waals surface area contributed by atoms with Crippen LogP contribution in [0.15, 0.2) is 0 Å². The van der Waals surface area contributed by atoms with E-state index >= 15 is 0 Å². The van der Waals surface area contributed by atoms with Gasteiger partial charge in [-0.3, -0.25) is 14.3 Å². The molecule has 0 aromatic carbocycles. The van der Waals surface area contributed by atoms with Crippen molar-refractivity contribution in [1.82, 2.24) is 20.0 Å². The van der Waals surface area contributed by atoms with Crippen LogP contribution in [0.2, 0.25) is 5.02 Å². The van der Waals surface area contributed by atoms with E-state index in [0.717, 1.165) is 24.2 Å². The lowest BCUT2D eigenvalue weighted by Crippen LogP contribution is -2.62. The van der Waals surface area contributed by atoms with Crippen LogP contribution in [0.25, 0.3) is 0 Å². The normalized spacial score (nSPS) is 26.2. The van der Waals surface area contributed by atoms with Crippen molar-refractivity contribution in [3.8, 4) is 0 Å². The van der Waals surface area contributed by atoms with Crippen molar-refractivity contribution in [3.63, 3.8) is 0 Å². The topological polar surface area (TPSA) is 67.2 Å². The van der Waals surface area contributed by atoms with Crippen molar-refractivity contribution >= 4 is 23.4 Å². The summed E-state index contributed by atoms with van der Waals surface area (Å²) < 4.78 is 1.68. The third-order valence-corrected chi connectivity index (χ3v) is 4.86. The van der Waals surface area contributed by atoms with E-state index in [9.17, 15) is 9.59 Å². The van der Waals surface area contributed by atoms with Crippen LogP contribution in [0.3, 0.4) is 0 Å². The van der Waals surface area contributed by atoms with Gasteiger partial charge in [-0.05, 0) is 32.6 Å². The number of aromatic nitrogens is 2. The molecule has 21 heavy (non-hydrogen) atoms. The molecule has 0 spiro atoms. The zero-order valence-electron chi connectivity index (χ0n) is 12.4. The summed E-state index contributed by atoms with van der Waals surface area (Å²) in [6.07, 6.45) is 2.01. The van der Waals surface area contributed by atoms with Gasteiger partial charge in [0.25, 0.3) is 0 Å². The van der Waals surface area contributed by atoms with Crippen LogP contribution in [0, 0.1) is 12.8 Å². The summed E-state index contributed by atoms with van der Waals surface area (Å²) in [7, 11) is 1.80. The molecule has 1 aliphatic carbocycles. The molecule has 7 heteroatoms. The van der Waals surface area contributed by atoms with Crippen molar-refractivity contribution in [2.45, 2.75) is 45.3 Å². The standard InChI is InChI=1S/C14H19ClN4O2/c1-7-11(15)10(18(3)17-7)6-19-8(2)13(20)16-12(14(19)21)9-4-5-9/h8-9,12H,4-6H2,1-3H3,(H,16,20). The van der Waals surface area contributed by atoms with Gasteiger partial charge < -0.3 is 10.2 Å². The molecule has 2 fully saturated rings. The molecule has 6 nitrogen and oxygen atoms in total. The fraction of sp³-hybridized carbons (Fsp3) is 0.643. The molecule has 2 heterocycles. The maximum Gasteiger partial charge on any atom is 0.246 e. The Morgan fingerprint density at radius 2 is 2.05 bits per heavy atom. The van der Waals surface area contributed by atoms with E-state index in [4.69, 9.17) is 11.6 Å². The van der Waals surface area contributed by atoms with Crippen LogP contribution in [0.5, 0.6) is 0 Å². The number of nitrogens with one attached hydrogen (secondary N) is 1. The van der Waals surface area contributed by atoms with Gasteiger partial charge in [-0.2, -0.15) is 5.10 Å². The lowest BCUT2D eigenvalue weighted by molar-refractivity contribution is -0.150. The fourth-order valence-corrected chi connectivity index (χ4v) is 3.04. The van der Waals surface area contributed by atoms with Gasteiger partial charge >= 0.3 is 0 Å². The van der Waals surface area contributed by atoms with Crippen molar-refractivity contribution in [1.29, 1.82) is 0 Å². The summed E-state index contributed by atoms with van der Waals surface area (Å²) in [5.41, 5.74) is 1.49. The monoisotopic (exact) mass is 310 g/mol. The first kappa shape index (κ1) is 14.4. The summed E-state index contributed by atoms with van der Waals surface area (Å²) in [5.74, 6) is 0.182. The predicted octanol–water partition coefficient (Wildman–Crippen LogP) is 1.01. The number of rotatable bonds is 3. The van der Waals surface area contributed by atoms with E-state index in [2.05, 4.69) is 10.4 Å². The van der Waals surface area contributed by atoms with Crippen molar-refractivity contribution in [2.75, 3.05) is 0 Å². The summed E-state index contributed by atoms with van der Waals surface area (Å²) in [6, 6.07) is -0.861. The molecular formula is C14H19ClN4O2. The number of nitrogens with zero attached hydrogens (tertiary/aromatic N) is 3. The SMILES string of the molecule is Cc1nn(C)c(CN2C(=O)C(C3CC3)NC(=O)C2C)c1Cl. The van der Waals surface area contributed by atoms with Crippen molar-refractivity contribution < 1.29 is 9.59 Å². The minimum absolute atomic E-state index is 0.0143. The maximum absolute atomic E-state index is 12.6. The predicted molar refractivity (Wildman–Crippen MR) is 77.6 cm³/mol. The van der Waals surface area contributed by atoms with E-state index in [0.29, 0.717) is 17.5 Å². The van der Waals surface area contributed by atoms with E-state index in [-0.39, 0.29) is 17.9 Å². The first-order chi connectivity index (χ1) is 9.90. The zero-order valence-corrected chi connectivity index (χ0v) is 13.1. The molecule has 1 aliphatic heterocycles. The largest absolute Gasteiger partial charge is 0.342 e. The molecule has 0 bridgehead atoms. The highest BCUT2D eigenvalue weighted by atomic mass is 35.5. The summed E-state index contributed by atoms with van der Waals surface area (Å²) in [4.78, 5) is 26.3. The molecule has 2 atom stereocenters. The third-order valence-electron chi connectivity index (χ3n) is 4.37. The Morgan fingerprint density at radius 3 is 2.57 bits per heavy atom. The van der Waals surface area contributed by atoms with Gasteiger partial charge in [0.1, 0.15) is 12.1 Å². The van der Waals surface area contributed by atoms with Gasteiger partial charge in [0.2, 0.25) is 11.8 Å². The lowest BCUT2D eigenvalue weighted by atomic mass is 10.0. The minimum atomic E-state index is -0.487. The molecule has 2 amide bonds. The van der Waals surface area contributed by atoms with E-state index in [1.165, 1.54) is 0 Å². The van der Waals surface area contributed by atoms with Gasteiger partial charge in [-0.25, -0.2) is 0 Å². The van der Waals surface area contributed by atoms with Crippen LogP contribution < -0.4 is 5.32 Å².